The predicted molar refractivity (Wildman–Crippen MR) is 176 cm³/mol. The largest absolute Gasteiger partial charge is 0.490 e. The molecular weight excluding hydrogens is 653 g/mol. The summed E-state index contributed by atoms with van der Waals surface area (Å²) < 4.78 is 61.7. The van der Waals surface area contributed by atoms with Crippen LogP contribution < -0.4 is 15.4 Å². The van der Waals surface area contributed by atoms with E-state index in [1.165, 1.54) is 31.4 Å². The summed E-state index contributed by atoms with van der Waals surface area (Å²) in [5, 5.41) is 33.6. The first-order chi connectivity index (χ1) is 22.5. The SMILES string of the molecule is C1CC1.CC(C)(CCn1ccc2cc(NC(=O)O)ccc21)NC[C@H](O)c1cccc(NS(=O)(=O)c2ccccc2)c1.O=C(O)C(F)(F)F. The predicted octanol–water partition coefficient (Wildman–Crippen LogP) is 6.83. The lowest BCUT2D eigenvalue weighted by Crippen LogP contribution is -2.42. The highest BCUT2D eigenvalue weighted by molar-refractivity contribution is 7.92. The second-order valence-electron chi connectivity index (χ2n) is 11.7. The normalized spacial score (nSPS) is 13.3. The smallest absolute Gasteiger partial charge is 0.475 e. The van der Waals surface area contributed by atoms with E-state index in [0.717, 1.165) is 23.9 Å². The summed E-state index contributed by atoms with van der Waals surface area (Å²) in [7, 11) is -3.72. The average molecular weight is 693 g/mol. The van der Waals surface area contributed by atoms with Gasteiger partial charge in [-0.1, -0.05) is 49.6 Å². The number of rotatable bonds is 11. The van der Waals surface area contributed by atoms with Gasteiger partial charge in [-0.25, -0.2) is 18.0 Å². The molecule has 11 nitrogen and oxygen atoms in total. The lowest BCUT2D eigenvalue weighted by atomic mass is 9.99. The number of aliphatic hydroxyl groups excluding tert-OH is 1. The van der Waals surface area contributed by atoms with E-state index in [1.807, 2.05) is 18.3 Å². The van der Waals surface area contributed by atoms with Gasteiger partial charge in [0, 0.05) is 47.1 Å². The van der Waals surface area contributed by atoms with Crippen molar-refractivity contribution in [2.24, 2.45) is 0 Å². The molecule has 1 aliphatic rings. The Morgan fingerprint density at radius 2 is 1.54 bits per heavy atom. The molecule has 1 atom stereocenters. The number of carbonyl (C=O) groups is 2. The van der Waals surface area contributed by atoms with Crippen LogP contribution in [0.4, 0.5) is 29.3 Å². The third kappa shape index (κ3) is 12.5. The van der Waals surface area contributed by atoms with E-state index in [0.29, 0.717) is 23.5 Å². The Labute approximate surface area is 276 Å². The summed E-state index contributed by atoms with van der Waals surface area (Å²) in [5.41, 5.74) is 2.21. The summed E-state index contributed by atoms with van der Waals surface area (Å²) in [5.74, 6) is -2.76. The Morgan fingerprint density at radius 1 is 0.896 bits per heavy atom. The topological polar surface area (TPSA) is 170 Å². The van der Waals surface area contributed by atoms with Crippen molar-refractivity contribution in [2.75, 3.05) is 16.6 Å². The molecule has 6 N–H and O–H groups in total. The number of alkyl halides is 3. The van der Waals surface area contributed by atoms with Gasteiger partial charge >= 0.3 is 18.2 Å². The lowest BCUT2D eigenvalue weighted by molar-refractivity contribution is -0.192. The van der Waals surface area contributed by atoms with Crippen molar-refractivity contribution in [3.8, 4) is 0 Å². The Bertz CT molecular complexity index is 1770. The van der Waals surface area contributed by atoms with E-state index < -0.39 is 34.4 Å². The van der Waals surface area contributed by atoms with Crippen molar-refractivity contribution in [2.45, 2.75) is 68.8 Å². The summed E-state index contributed by atoms with van der Waals surface area (Å²) >= 11 is 0. The van der Waals surface area contributed by atoms with E-state index in [2.05, 4.69) is 33.8 Å². The highest BCUT2D eigenvalue weighted by Gasteiger charge is 2.38. The van der Waals surface area contributed by atoms with E-state index in [-0.39, 0.29) is 10.4 Å². The number of nitrogens with zero attached hydrogens (tertiary/aromatic N) is 1. The fraction of sp³-hybridized carbons (Fsp3) is 0.333. The molecular formula is C33H39F3N4O7S. The van der Waals surface area contributed by atoms with Crippen LogP contribution in [0.15, 0.2) is 90.0 Å². The van der Waals surface area contributed by atoms with Crippen LogP contribution in [-0.4, -0.2) is 58.6 Å². The Hall–Kier alpha value is -4.60. The number of sulfonamides is 1. The van der Waals surface area contributed by atoms with Crippen LogP contribution in [0.5, 0.6) is 0 Å². The summed E-state index contributed by atoms with van der Waals surface area (Å²) in [4.78, 5) is 19.9. The van der Waals surface area contributed by atoms with E-state index in [4.69, 9.17) is 15.0 Å². The number of fused-ring (bicyclic) bond motifs is 1. The van der Waals surface area contributed by atoms with Gasteiger partial charge in [-0.2, -0.15) is 13.2 Å². The molecule has 260 valence electrons. The minimum absolute atomic E-state index is 0.169. The monoisotopic (exact) mass is 692 g/mol. The van der Waals surface area contributed by atoms with Gasteiger partial charge in [0.1, 0.15) is 0 Å². The van der Waals surface area contributed by atoms with E-state index in [1.54, 1.807) is 54.6 Å². The molecule has 1 fully saturated rings. The molecule has 15 heteroatoms. The number of β-amino-alcohol motifs (C(OH)–C–C–N with tert-alkyl or cyclic N) is 1. The zero-order chi connectivity index (χ0) is 35.5. The number of aryl methyl sites for hydroxylation is 1. The fourth-order valence-electron chi connectivity index (χ4n) is 4.20. The third-order valence-corrected chi connectivity index (χ3v) is 8.34. The van der Waals surface area contributed by atoms with Crippen LogP contribution in [0.2, 0.25) is 0 Å². The maximum Gasteiger partial charge on any atom is 0.490 e. The van der Waals surface area contributed by atoms with Gasteiger partial charge < -0.3 is 25.2 Å². The van der Waals surface area contributed by atoms with Crippen LogP contribution in [0.1, 0.15) is 51.2 Å². The number of aliphatic hydroxyl groups is 1. The Morgan fingerprint density at radius 3 is 2.12 bits per heavy atom. The molecule has 1 heterocycles. The summed E-state index contributed by atoms with van der Waals surface area (Å²) in [6.45, 7) is 5.13. The number of carboxylic acids is 1. The van der Waals surface area contributed by atoms with Gasteiger partial charge in [-0.05, 0) is 74.4 Å². The van der Waals surface area contributed by atoms with Crippen LogP contribution in [0.25, 0.3) is 10.9 Å². The molecule has 3 aromatic carbocycles. The maximum absolute atomic E-state index is 12.6. The molecule has 0 saturated heterocycles. The Kier molecular flexibility index (Phi) is 13.0. The van der Waals surface area contributed by atoms with Crippen LogP contribution in [0.3, 0.4) is 0 Å². The number of nitrogens with one attached hydrogen (secondary N) is 3. The zero-order valence-electron chi connectivity index (χ0n) is 26.4. The fourth-order valence-corrected chi connectivity index (χ4v) is 5.27. The van der Waals surface area contributed by atoms with E-state index >= 15 is 0 Å². The summed E-state index contributed by atoms with van der Waals surface area (Å²) in [6, 6.07) is 22.3. The van der Waals surface area contributed by atoms with Crippen LogP contribution in [-0.2, 0) is 21.4 Å². The molecule has 0 bridgehead atoms. The number of halogens is 3. The molecule has 48 heavy (non-hydrogen) atoms. The van der Waals surface area contributed by atoms with Crippen molar-refractivity contribution in [1.82, 2.24) is 9.88 Å². The van der Waals surface area contributed by atoms with Crippen molar-refractivity contribution < 1.29 is 46.5 Å². The second kappa shape index (κ2) is 16.5. The quantitative estimate of drug-likeness (QED) is 0.0994. The zero-order valence-corrected chi connectivity index (χ0v) is 27.2. The number of anilines is 2. The van der Waals surface area contributed by atoms with Gasteiger partial charge in [0.25, 0.3) is 10.0 Å². The number of aromatic nitrogens is 1. The molecule has 4 aromatic rings. The first-order valence-electron chi connectivity index (χ1n) is 15.0. The minimum atomic E-state index is -5.08. The molecule has 1 saturated carbocycles. The highest BCUT2D eigenvalue weighted by Crippen LogP contribution is 2.24. The standard InChI is InChI=1S/C28H32N4O5S.C3H6.C2HF3O2/c1-28(2,14-16-32-15-13-20-17-22(30-27(34)35)11-12-25(20)32)29-19-26(33)21-7-6-8-23(18-21)31-38(36,37)24-9-4-3-5-10-24;1-2-3-1;3-2(4,5)1(6)7/h3-13,15,17-18,26,29-31,33H,14,16,19H2,1-2H3,(H,34,35);1-3H2;(H,6,7)/t26-;;/m0../s1. The van der Waals surface area contributed by atoms with Crippen molar-refractivity contribution in [1.29, 1.82) is 0 Å². The molecule has 1 aromatic heterocycles. The van der Waals surface area contributed by atoms with Crippen molar-refractivity contribution in [3.05, 3.63) is 90.6 Å². The molecule has 1 amide bonds. The Balaban J connectivity index is 0.000000539. The van der Waals surface area contributed by atoms with E-state index in [9.17, 15) is 31.5 Å². The summed E-state index contributed by atoms with van der Waals surface area (Å²) in [6.07, 6.45) is 0.236. The lowest BCUT2D eigenvalue weighted by Gasteiger charge is -2.28. The number of hydrogen-bond donors (Lipinski definition) is 6. The average Bonchev–Trinajstić information content (AvgIpc) is 3.85. The number of aliphatic carboxylic acids is 1. The van der Waals surface area contributed by atoms with Gasteiger partial charge in [0.05, 0.1) is 11.0 Å². The first-order valence-corrected chi connectivity index (χ1v) is 16.4. The van der Waals surface area contributed by atoms with Gasteiger partial charge in [0.15, 0.2) is 0 Å². The molecule has 0 radical (unpaired) electrons. The first kappa shape index (κ1) is 37.9. The van der Waals surface area contributed by atoms with Gasteiger partial charge in [-0.15, -0.1) is 0 Å². The van der Waals surface area contributed by atoms with Crippen molar-refractivity contribution in [3.63, 3.8) is 0 Å². The van der Waals surface area contributed by atoms with Crippen molar-refractivity contribution >= 4 is 44.4 Å². The highest BCUT2D eigenvalue weighted by atomic mass is 32.2. The molecule has 1 aliphatic carbocycles. The molecule has 0 spiro atoms. The number of hydrogen-bond acceptors (Lipinski definition) is 6. The molecule has 0 aliphatic heterocycles. The minimum Gasteiger partial charge on any atom is -0.475 e. The third-order valence-electron chi connectivity index (χ3n) is 6.95. The number of benzene rings is 3. The number of amides is 1. The maximum atomic E-state index is 12.6. The second-order valence-corrected chi connectivity index (χ2v) is 13.3. The molecule has 5 rings (SSSR count). The van der Waals surface area contributed by atoms with Gasteiger partial charge in [0.2, 0.25) is 0 Å². The number of carboxylic acid groups (broad SMARTS) is 2. The van der Waals surface area contributed by atoms with Crippen LogP contribution in [0, 0.1) is 0 Å². The van der Waals surface area contributed by atoms with Gasteiger partial charge in [-0.3, -0.25) is 10.0 Å². The van der Waals surface area contributed by atoms with Crippen LogP contribution >= 0.6 is 0 Å². The molecule has 0 unspecified atom stereocenters.